The van der Waals surface area contributed by atoms with E-state index in [1.165, 1.54) is 6.42 Å². The third-order valence-corrected chi connectivity index (χ3v) is 3.94. The van der Waals surface area contributed by atoms with Crippen molar-refractivity contribution in [3.63, 3.8) is 0 Å². The number of aryl methyl sites for hydroxylation is 1. The van der Waals surface area contributed by atoms with Crippen molar-refractivity contribution < 1.29 is 9.90 Å². The first-order chi connectivity index (χ1) is 12.2. The lowest BCUT2D eigenvalue weighted by Crippen LogP contribution is -2.28. The lowest BCUT2D eigenvalue weighted by atomic mass is 10.1. The second kappa shape index (κ2) is 22.5. The quantitative estimate of drug-likeness (QED) is 0.259. The van der Waals surface area contributed by atoms with Crippen LogP contribution < -0.4 is 21.7 Å². The number of phenolic OH excluding ortho intramolecular Hbond substituents is 1. The third kappa shape index (κ3) is 18.6. The van der Waals surface area contributed by atoms with E-state index < -0.39 is 0 Å². The normalized spacial score (nSPS) is 9.61. The monoisotopic (exact) mass is 458 g/mol. The van der Waals surface area contributed by atoms with E-state index in [2.05, 4.69) is 16.0 Å². The first-order valence-electron chi connectivity index (χ1n) is 9.38. The van der Waals surface area contributed by atoms with Crippen LogP contribution in [0.1, 0.15) is 37.7 Å². The van der Waals surface area contributed by atoms with E-state index in [-0.39, 0.29) is 48.9 Å². The van der Waals surface area contributed by atoms with Crippen molar-refractivity contribution >= 4 is 43.1 Å². The van der Waals surface area contributed by atoms with Gasteiger partial charge in [0.05, 0.1) is 0 Å². The van der Waals surface area contributed by atoms with Crippen LogP contribution in [-0.2, 0) is 11.2 Å². The van der Waals surface area contributed by atoms with Crippen molar-refractivity contribution in [2.75, 3.05) is 39.3 Å². The van der Waals surface area contributed by atoms with E-state index in [4.69, 9.17) is 5.73 Å². The second-order valence-electron chi connectivity index (χ2n) is 6.22. The van der Waals surface area contributed by atoms with E-state index in [1.54, 1.807) is 12.1 Å². The summed E-state index contributed by atoms with van der Waals surface area (Å²) in [5.74, 6) is 0.334. The molecule has 0 fully saturated rings. The van der Waals surface area contributed by atoms with Crippen LogP contribution >= 0.6 is 37.2 Å². The second-order valence-corrected chi connectivity index (χ2v) is 6.22. The molecule has 9 heteroatoms. The Morgan fingerprint density at radius 3 is 1.93 bits per heavy atom. The number of rotatable bonds is 15. The average molecular weight is 460 g/mol. The van der Waals surface area contributed by atoms with Gasteiger partial charge in [-0.3, -0.25) is 4.79 Å². The highest BCUT2D eigenvalue weighted by atomic mass is 35.5. The van der Waals surface area contributed by atoms with Crippen molar-refractivity contribution in [2.45, 2.75) is 38.5 Å². The zero-order chi connectivity index (χ0) is 18.2. The van der Waals surface area contributed by atoms with Gasteiger partial charge in [0, 0.05) is 13.0 Å². The lowest BCUT2D eigenvalue weighted by molar-refractivity contribution is -0.121. The number of aromatic hydroxyl groups is 1. The molecule has 0 unspecified atom stereocenters. The van der Waals surface area contributed by atoms with E-state index in [1.807, 2.05) is 12.1 Å². The van der Waals surface area contributed by atoms with Crippen LogP contribution in [0.15, 0.2) is 24.3 Å². The van der Waals surface area contributed by atoms with Gasteiger partial charge < -0.3 is 26.8 Å². The number of carbonyl (C=O) groups excluding carboxylic acids is 1. The average Bonchev–Trinajstić information content (AvgIpc) is 2.62. The molecule has 166 valence electrons. The van der Waals surface area contributed by atoms with Crippen LogP contribution in [-0.4, -0.2) is 50.3 Å². The number of benzene rings is 1. The number of carbonyl (C=O) groups is 1. The topological polar surface area (TPSA) is 99.4 Å². The highest BCUT2D eigenvalue weighted by Gasteiger charge is 2.02. The minimum atomic E-state index is 0. The highest BCUT2D eigenvalue weighted by Crippen LogP contribution is 2.10. The van der Waals surface area contributed by atoms with E-state index in [0.717, 1.165) is 57.5 Å². The van der Waals surface area contributed by atoms with E-state index in [0.29, 0.717) is 19.4 Å². The van der Waals surface area contributed by atoms with Crippen LogP contribution in [0.25, 0.3) is 0 Å². The molecule has 0 saturated heterocycles. The number of halogens is 3. The summed E-state index contributed by atoms with van der Waals surface area (Å²) in [6, 6.07) is 6.99. The lowest BCUT2D eigenvalue weighted by Gasteiger charge is -2.07. The number of phenols is 1. The van der Waals surface area contributed by atoms with Crippen LogP contribution in [0, 0.1) is 0 Å². The molecule has 1 rings (SSSR count). The molecule has 1 amide bonds. The van der Waals surface area contributed by atoms with Gasteiger partial charge in [-0.2, -0.15) is 0 Å². The zero-order valence-electron chi connectivity index (χ0n) is 16.5. The summed E-state index contributed by atoms with van der Waals surface area (Å²) in [4.78, 5) is 11.8. The molecule has 6 nitrogen and oxygen atoms in total. The van der Waals surface area contributed by atoms with Crippen molar-refractivity contribution in [1.29, 1.82) is 0 Å². The summed E-state index contributed by atoms with van der Waals surface area (Å²) >= 11 is 0. The smallest absolute Gasteiger partial charge is 0.220 e. The Hall–Kier alpha value is -0.760. The third-order valence-electron chi connectivity index (χ3n) is 3.94. The Kier molecular flexibility index (Phi) is 25.7. The number of hydrogen-bond donors (Lipinski definition) is 5. The molecule has 1 aromatic rings. The van der Waals surface area contributed by atoms with E-state index >= 15 is 0 Å². The summed E-state index contributed by atoms with van der Waals surface area (Å²) in [6.07, 6.45) is 5.50. The van der Waals surface area contributed by atoms with Gasteiger partial charge in [0.25, 0.3) is 0 Å². The first kappa shape index (κ1) is 31.9. The van der Waals surface area contributed by atoms with Gasteiger partial charge >= 0.3 is 0 Å². The Bertz CT molecular complexity index is 465. The van der Waals surface area contributed by atoms with Gasteiger partial charge in [0.2, 0.25) is 5.91 Å². The molecule has 0 aliphatic carbocycles. The summed E-state index contributed by atoms with van der Waals surface area (Å²) < 4.78 is 0. The number of nitrogens with two attached hydrogens (primary N) is 1. The number of nitrogens with one attached hydrogen (secondary N) is 3. The predicted molar refractivity (Wildman–Crippen MR) is 124 cm³/mol. The van der Waals surface area contributed by atoms with Crippen molar-refractivity contribution in [1.82, 2.24) is 16.0 Å². The molecular weight excluding hydrogens is 423 g/mol. The summed E-state index contributed by atoms with van der Waals surface area (Å²) in [5.41, 5.74) is 6.49. The Labute approximate surface area is 188 Å². The van der Waals surface area contributed by atoms with Gasteiger partial charge in [-0.05, 0) is 82.5 Å². The van der Waals surface area contributed by atoms with Gasteiger partial charge in [-0.15, -0.1) is 37.2 Å². The molecule has 0 aromatic heterocycles. The largest absolute Gasteiger partial charge is 0.508 e. The fourth-order valence-electron chi connectivity index (χ4n) is 2.43. The van der Waals surface area contributed by atoms with Crippen LogP contribution in [0.3, 0.4) is 0 Å². The number of amides is 1. The van der Waals surface area contributed by atoms with Crippen molar-refractivity contribution in [2.24, 2.45) is 5.73 Å². The highest BCUT2D eigenvalue weighted by molar-refractivity contribution is 5.86. The Balaban J connectivity index is -0.00000208. The molecule has 0 heterocycles. The van der Waals surface area contributed by atoms with Gasteiger partial charge in [0.15, 0.2) is 0 Å². The molecule has 1 aromatic carbocycles. The predicted octanol–water partition coefficient (Wildman–Crippen LogP) is 2.40. The fraction of sp³-hybridized carbons (Fsp3) is 0.632. The van der Waals surface area contributed by atoms with E-state index in [9.17, 15) is 9.90 Å². The van der Waals surface area contributed by atoms with Gasteiger partial charge in [0.1, 0.15) is 5.75 Å². The summed E-state index contributed by atoms with van der Waals surface area (Å²) in [7, 11) is 0. The molecular formula is C19H37Cl3N4O2. The molecule has 0 atom stereocenters. The minimum absolute atomic E-state index is 0. The molecule has 0 saturated carbocycles. The van der Waals surface area contributed by atoms with Gasteiger partial charge in [-0.1, -0.05) is 12.1 Å². The molecule has 28 heavy (non-hydrogen) atoms. The number of unbranched alkanes of at least 4 members (excludes halogenated alkanes) is 1. The minimum Gasteiger partial charge on any atom is -0.508 e. The molecule has 0 aliphatic rings. The maximum Gasteiger partial charge on any atom is 0.220 e. The fourth-order valence-corrected chi connectivity index (χ4v) is 2.43. The maximum atomic E-state index is 11.8. The molecule has 0 spiro atoms. The molecule has 0 bridgehead atoms. The summed E-state index contributed by atoms with van der Waals surface area (Å²) in [5, 5.41) is 18.9. The van der Waals surface area contributed by atoms with Crippen molar-refractivity contribution in [3.8, 4) is 5.75 Å². The van der Waals surface area contributed by atoms with Crippen LogP contribution in [0.4, 0.5) is 0 Å². The molecule has 0 radical (unpaired) electrons. The number of hydrogen-bond acceptors (Lipinski definition) is 5. The Morgan fingerprint density at radius 2 is 1.36 bits per heavy atom. The van der Waals surface area contributed by atoms with Gasteiger partial charge in [-0.25, -0.2) is 0 Å². The van der Waals surface area contributed by atoms with Crippen LogP contribution in [0.5, 0.6) is 5.75 Å². The summed E-state index contributed by atoms with van der Waals surface area (Å²) in [6.45, 7) is 5.48. The first-order valence-corrected chi connectivity index (χ1v) is 9.38. The van der Waals surface area contributed by atoms with Crippen LogP contribution in [0.2, 0.25) is 0 Å². The molecule has 0 aliphatic heterocycles. The molecule has 6 N–H and O–H groups in total. The maximum absolute atomic E-state index is 11.8. The zero-order valence-corrected chi connectivity index (χ0v) is 18.9. The standard InChI is InChI=1S/C19H34N4O2.3ClH/c20-11-3-14-21-12-1-2-13-22-15-4-16-23-19(25)10-7-17-5-8-18(24)9-6-17;;;/h5-6,8-9,21-22,24H,1-4,7,10-16,20H2,(H,23,25);3*1H. The Morgan fingerprint density at radius 1 is 0.821 bits per heavy atom. The van der Waals surface area contributed by atoms with Crippen molar-refractivity contribution in [3.05, 3.63) is 29.8 Å². The SMILES string of the molecule is Cl.Cl.Cl.NCCCNCCCCNCCCNC(=O)CCc1ccc(O)cc1.